The number of ether oxygens (including phenoxy) is 1. The molecule has 22 heavy (non-hydrogen) atoms. The summed E-state index contributed by atoms with van der Waals surface area (Å²) < 4.78 is 6.65. The number of hydrogen-bond donors (Lipinski definition) is 1. The Labute approximate surface area is 137 Å². The van der Waals surface area contributed by atoms with Crippen LogP contribution in [0, 0.1) is 0 Å². The van der Waals surface area contributed by atoms with Gasteiger partial charge in [0.2, 0.25) is 5.95 Å². The maximum atomic E-state index is 5.80. The molecule has 0 saturated carbocycles. The highest BCUT2D eigenvalue weighted by Crippen LogP contribution is 2.21. The Morgan fingerprint density at radius 1 is 0.955 bits per heavy atom. The fourth-order valence-corrected chi connectivity index (χ4v) is 2.12. The highest BCUT2D eigenvalue weighted by Gasteiger charge is 2.01. The first-order chi connectivity index (χ1) is 10.8. The van der Waals surface area contributed by atoms with Gasteiger partial charge in [-0.25, -0.2) is 9.97 Å². The van der Waals surface area contributed by atoms with Gasteiger partial charge in [0.25, 0.3) is 0 Å². The van der Waals surface area contributed by atoms with Gasteiger partial charge in [-0.2, -0.15) is 0 Å². The first-order valence-corrected chi connectivity index (χ1v) is 7.60. The van der Waals surface area contributed by atoms with E-state index in [-0.39, 0.29) is 0 Å². The van der Waals surface area contributed by atoms with Crippen LogP contribution in [-0.2, 0) is 6.61 Å². The number of nitrogens with zero attached hydrogens (tertiary/aromatic N) is 2. The molecule has 0 aliphatic heterocycles. The van der Waals surface area contributed by atoms with Crippen molar-refractivity contribution in [3.63, 3.8) is 0 Å². The molecule has 0 radical (unpaired) electrons. The molecule has 2 aromatic carbocycles. The number of nitrogens with one attached hydrogen (secondary N) is 1. The summed E-state index contributed by atoms with van der Waals surface area (Å²) in [6.07, 6.45) is 3.40. The van der Waals surface area contributed by atoms with Crippen LogP contribution in [0.1, 0.15) is 5.56 Å². The van der Waals surface area contributed by atoms with Gasteiger partial charge in [0, 0.05) is 24.1 Å². The maximum Gasteiger partial charge on any atom is 0.227 e. The average molecular weight is 356 g/mol. The van der Waals surface area contributed by atoms with Gasteiger partial charge in [-0.05, 0) is 33.6 Å². The molecule has 1 N–H and O–H groups in total. The van der Waals surface area contributed by atoms with Crippen molar-refractivity contribution in [2.45, 2.75) is 6.61 Å². The van der Waals surface area contributed by atoms with Crippen molar-refractivity contribution in [2.24, 2.45) is 0 Å². The summed E-state index contributed by atoms with van der Waals surface area (Å²) in [5.41, 5.74) is 2.02. The third-order valence-electron chi connectivity index (χ3n) is 2.96. The molecule has 0 aliphatic carbocycles. The minimum atomic E-state index is 0.541. The van der Waals surface area contributed by atoms with Gasteiger partial charge >= 0.3 is 0 Å². The molecule has 1 heterocycles. The number of halogens is 1. The minimum absolute atomic E-state index is 0.541. The molecule has 3 rings (SSSR count). The van der Waals surface area contributed by atoms with Crippen LogP contribution < -0.4 is 10.1 Å². The Balaban J connectivity index is 1.66. The fraction of sp³-hybridized carbons (Fsp3) is 0.0588. The zero-order valence-corrected chi connectivity index (χ0v) is 13.3. The lowest BCUT2D eigenvalue weighted by Gasteiger charge is -2.09. The van der Waals surface area contributed by atoms with E-state index in [2.05, 4.69) is 31.2 Å². The third kappa shape index (κ3) is 4.05. The standard InChI is InChI=1S/C17H14BrN3O/c18-14-10-19-17(20-11-14)21-15-7-4-8-16(9-15)22-12-13-5-2-1-3-6-13/h1-11H,12H2,(H,19,20,21). The van der Waals surface area contributed by atoms with E-state index >= 15 is 0 Å². The van der Waals surface area contributed by atoms with Crippen molar-refractivity contribution in [1.82, 2.24) is 9.97 Å². The van der Waals surface area contributed by atoms with Crippen LogP contribution in [0.5, 0.6) is 5.75 Å². The molecule has 0 saturated heterocycles. The highest BCUT2D eigenvalue weighted by atomic mass is 79.9. The van der Waals surface area contributed by atoms with E-state index in [9.17, 15) is 0 Å². The average Bonchev–Trinajstić information content (AvgIpc) is 2.57. The largest absolute Gasteiger partial charge is 0.489 e. The molecule has 0 fully saturated rings. The number of anilines is 2. The van der Waals surface area contributed by atoms with Crippen molar-refractivity contribution >= 4 is 27.6 Å². The van der Waals surface area contributed by atoms with Crippen LogP contribution in [0.2, 0.25) is 0 Å². The van der Waals surface area contributed by atoms with Crippen molar-refractivity contribution in [3.05, 3.63) is 77.0 Å². The monoisotopic (exact) mass is 355 g/mol. The lowest BCUT2D eigenvalue weighted by atomic mass is 10.2. The normalized spacial score (nSPS) is 10.2. The van der Waals surface area contributed by atoms with Gasteiger partial charge < -0.3 is 10.1 Å². The Hall–Kier alpha value is -2.40. The molecule has 5 heteroatoms. The second kappa shape index (κ2) is 7.04. The van der Waals surface area contributed by atoms with E-state index in [1.165, 1.54) is 0 Å². The zero-order chi connectivity index (χ0) is 15.2. The number of aromatic nitrogens is 2. The van der Waals surface area contributed by atoms with Gasteiger partial charge in [0.15, 0.2) is 0 Å². The van der Waals surface area contributed by atoms with E-state index in [1.807, 2.05) is 54.6 Å². The molecule has 4 nitrogen and oxygen atoms in total. The number of hydrogen-bond acceptors (Lipinski definition) is 4. The SMILES string of the molecule is Brc1cnc(Nc2cccc(OCc3ccccc3)c2)nc1. The molecule has 0 atom stereocenters. The summed E-state index contributed by atoms with van der Waals surface area (Å²) >= 11 is 3.31. The first-order valence-electron chi connectivity index (χ1n) is 6.81. The van der Waals surface area contributed by atoms with E-state index in [1.54, 1.807) is 12.4 Å². The smallest absolute Gasteiger partial charge is 0.227 e. The van der Waals surface area contributed by atoms with Gasteiger partial charge in [0.05, 0.1) is 4.47 Å². The van der Waals surface area contributed by atoms with Crippen molar-refractivity contribution in [3.8, 4) is 5.75 Å². The summed E-state index contributed by atoms with van der Waals surface area (Å²) in [5, 5.41) is 3.15. The summed E-state index contributed by atoms with van der Waals surface area (Å²) in [5.74, 6) is 1.34. The number of rotatable bonds is 5. The van der Waals surface area contributed by atoms with Crippen LogP contribution in [0.15, 0.2) is 71.5 Å². The minimum Gasteiger partial charge on any atom is -0.489 e. The predicted molar refractivity (Wildman–Crippen MR) is 90.2 cm³/mol. The highest BCUT2D eigenvalue weighted by molar-refractivity contribution is 9.10. The molecule has 1 aromatic heterocycles. The lowest BCUT2D eigenvalue weighted by Crippen LogP contribution is -1.98. The molecule has 3 aromatic rings. The first kappa shape index (κ1) is 14.5. The molecule has 0 aliphatic rings. The Kier molecular flexibility index (Phi) is 4.65. The van der Waals surface area contributed by atoms with Crippen LogP contribution in [0.4, 0.5) is 11.6 Å². The zero-order valence-electron chi connectivity index (χ0n) is 11.7. The Morgan fingerprint density at radius 2 is 1.73 bits per heavy atom. The summed E-state index contributed by atoms with van der Waals surface area (Å²) in [4.78, 5) is 8.37. The third-order valence-corrected chi connectivity index (χ3v) is 3.37. The Morgan fingerprint density at radius 3 is 2.50 bits per heavy atom. The fourth-order valence-electron chi connectivity index (χ4n) is 1.91. The van der Waals surface area contributed by atoms with Crippen molar-refractivity contribution in [1.29, 1.82) is 0 Å². The summed E-state index contributed by atoms with van der Waals surface area (Å²) in [7, 11) is 0. The summed E-state index contributed by atoms with van der Waals surface area (Å²) in [6, 6.07) is 17.8. The van der Waals surface area contributed by atoms with Gasteiger partial charge in [-0.3, -0.25) is 0 Å². The molecule has 0 bridgehead atoms. The lowest BCUT2D eigenvalue weighted by molar-refractivity contribution is 0.306. The molecule has 0 spiro atoms. The second-order valence-corrected chi connectivity index (χ2v) is 5.57. The topological polar surface area (TPSA) is 47.0 Å². The van der Waals surface area contributed by atoms with Crippen LogP contribution in [-0.4, -0.2) is 9.97 Å². The second-order valence-electron chi connectivity index (χ2n) is 4.65. The van der Waals surface area contributed by atoms with Crippen molar-refractivity contribution < 1.29 is 4.74 Å². The molecule has 0 amide bonds. The maximum absolute atomic E-state index is 5.80. The quantitative estimate of drug-likeness (QED) is 0.728. The Bertz CT molecular complexity index is 732. The van der Waals surface area contributed by atoms with E-state index in [0.717, 1.165) is 21.5 Å². The van der Waals surface area contributed by atoms with Gasteiger partial charge in [-0.1, -0.05) is 36.4 Å². The van der Waals surface area contributed by atoms with E-state index < -0.39 is 0 Å². The molecular formula is C17H14BrN3O. The van der Waals surface area contributed by atoms with Gasteiger partial charge in [0.1, 0.15) is 12.4 Å². The van der Waals surface area contributed by atoms with E-state index in [4.69, 9.17) is 4.74 Å². The van der Waals surface area contributed by atoms with Gasteiger partial charge in [-0.15, -0.1) is 0 Å². The van der Waals surface area contributed by atoms with Crippen LogP contribution >= 0.6 is 15.9 Å². The molecule has 0 unspecified atom stereocenters. The van der Waals surface area contributed by atoms with Crippen LogP contribution in [0.3, 0.4) is 0 Å². The van der Waals surface area contributed by atoms with Crippen molar-refractivity contribution in [2.75, 3.05) is 5.32 Å². The van der Waals surface area contributed by atoms with Crippen LogP contribution in [0.25, 0.3) is 0 Å². The molecular weight excluding hydrogens is 342 g/mol. The predicted octanol–water partition coefficient (Wildman–Crippen LogP) is 4.56. The number of benzene rings is 2. The summed E-state index contributed by atoms with van der Waals surface area (Å²) in [6.45, 7) is 0.541. The molecule has 110 valence electrons. The van der Waals surface area contributed by atoms with E-state index in [0.29, 0.717) is 12.6 Å².